The summed E-state index contributed by atoms with van der Waals surface area (Å²) in [6.07, 6.45) is 1.34. The van der Waals surface area contributed by atoms with Gasteiger partial charge in [0.15, 0.2) is 0 Å². The minimum atomic E-state index is 0.552. The molecule has 1 aromatic rings. The van der Waals surface area contributed by atoms with Crippen LogP contribution in [0.4, 0.5) is 0 Å². The molecule has 0 bridgehead atoms. The van der Waals surface area contributed by atoms with Gasteiger partial charge in [-0.25, -0.2) is 0 Å². The summed E-state index contributed by atoms with van der Waals surface area (Å²) in [7, 11) is 0. The molecule has 0 unspecified atom stereocenters. The number of rotatable bonds is 7. The fourth-order valence-corrected chi connectivity index (χ4v) is 1.96. The van der Waals surface area contributed by atoms with Gasteiger partial charge in [0.05, 0.1) is 12.7 Å². The minimum absolute atomic E-state index is 0.552. The van der Waals surface area contributed by atoms with Crippen LogP contribution in [0.2, 0.25) is 0 Å². The van der Waals surface area contributed by atoms with Gasteiger partial charge in [0.1, 0.15) is 5.75 Å². The fourth-order valence-electron chi connectivity index (χ4n) is 1.96. The zero-order valence-electron chi connectivity index (χ0n) is 11.5. The van der Waals surface area contributed by atoms with Crippen molar-refractivity contribution in [2.75, 3.05) is 13.2 Å². The first-order valence-electron chi connectivity index (χ1n) is 6.49. The lowest BCUT2D eigenvalue weighted by Crippen LogP contribution is -2.12. The van der Waals surface area contributed by atoms with Crippen LogP contribution in [-0.4, -0.2) is 13.2 Å². The van der Waals surface area contributed by atoms with E-state index in [9.17, 15) is 0 Å². The molecule has 1 aromatic carbocycles. The van der Waals surface area contributed by atoms with Crippen LogP contribution < -0.4 is 10.1 Å². The van der Waals surface area contributed by atoms with Gasteiger partial charge in [-0.05, 0) is 43.5 Å². The Morgan fingerprint density at radius 1 is 1.28 bits per heavy atom. The van der Waals surface area contributed by atoms with Crippen LogP contribution in [0.1, 0.15) is 36.5 Å². The van der Waals surface area contributed by atoms with Crippen LogP contribution in [-0.2, 0) is 6.54 Å². The number of benzene rings is 1. The Bertz CT molecular complexity index is 398. The van der Waals surface area contributed by atoms with Crippen molar-refractivity contribution in [2.45, 2.75) is 40.2 Å². The molecule has 0 saturated carbocycles. The number of ether oxygens (including phenoxy) is 1. The summed E-state index contributed by atoms with van der Waals surface area (Å²) in [5.41, 5.74) is 3.62. The highest BCUT2D eigenvalue weighted by Crippen LogP contribution is 2.25. The van der Waals surface area contributed by atoms with Crippen molar-refractivity contribution < 1.29 is 4.74 Å². The van der Waals surface area contributed by atoms with Gasteiger partial charge >= 0.3 is 0 Å². The van der Waals surface area contributed by atoms with E-state index < -0.39 is 0 Å². The van der Waals surface area contributed by atoms with Crippen molar-refractivity contribution in [2.24, 2.45) is 0 Å². The summed E-state index contributed by atoms with van der Waals surface area (Å²) in [6.45, 7) is 8.73. The Kier molecular flexibility index (Phi) is 6.24. The Morgan fingerprint density at radius 3 is 2.50 bits per heavy atom. The van der Waals surface area contributed by atoms with Crippen molar-refractivity contribution in [3.8, 4) is 11.8 Å². The number of nitrogens with zero attached hydrogens (tertiary/aromatic N) is 1. The van der Waals surface area contributed by atoms with E-state index in [1.165, 1.54) is 16.7 Å². The molecular formula is C15H22N2O. The van der Waals surface area contributed by atoms with E-state index >= 15 is 0 Å². The molecule has 0 aliphatic heterocycles. The Labute approximate surface area is 110 Å². The smallest absolute Gasteiger partial charge is 0.125 e. The van der Waals surface area contributed by atoms with Gasteiger partial charge in [0.2, 0.25) is 0 Å². The van der Waals surface area contributed by atoms with E-state index in [-0.39, 0.29) is 0 Å². The van der Waals surface area contributed by atoms with Crippen molar-refractivity contribution in [3.05, 3.63) is 28.8 Å². The molecule has 3 heteroatoms. The predicted molar refractivity (Wildman–Crippen MR) is 73.6 cm³/mol. The first-order valence-corrected chi connectivity index (χ1v) is 6.49. The van der Waals surface area contributed by atoms with E-state index in [1.807, 2.05) is 0 Å². The third-order valence-corrected chi connectivity index (χ3v) is 2.78. The van der Waals surface area contributed by atoms with Crippen LogP contribution in [0.25, 0.3) is 0 Å². The van der Waals surface area contributed by atoms with Gasteiger partial charge in [-0.15, -0.1) is 0 Å². The number of nitrogens with one attached hydrogen (secondary N) is 1. The SMILES string of the molecule is CCNCc1cc(C)c(OCCCC#N)c(C)c1. The zero-order valence-corrected chi connectivity index (χ0v) is 11.5. The molecule has 0 aliphatic rings. The zero-order chi connectivity index (χ0) is 13.4. The van der Waals surface area contributed by atoms with E-state index in [0.717, 1.165) is 25.3 Å². The maximum absolute atomic E-state index is 8.48. The van der Waals surface area contributed by atoms with Crippen LogP contribution in [0, 0.1) is 25.2 Å². The molecule has 0 atom stereocenters. The highest BCUT2D eigenvalue weighted by molar-refractivity contribution is 5.43. The largest absolute Gasteiger partial charge is 0.493 e. The van der Waals surface area contributed by atoms with Crippen molar-refractivity contribution in [3.63, 3.8) is 0 Å². The molecule has 0 heterocycles. The maximum Gasteiger partial charge on any atom is 0.125 e. The second-order valence-electron chi connectivity index (χ2n) is 4.45. The van der Waals surface area contributed by atoms with Crippen LogP contribution in [0.3, 0.4) is 0 Å². The van der Waals surface area contributed by atoms with E-state index in [2.05, 4.69) is 44.3 Å². The molecule has 1 rings (SSSR count). The summed E-state index contributed by atoms with van der Waals surface area (Å²) in [5, 5.41) is 11.8. The van der Waals surface area contributed by atoms with Gasteiger partial charge in [-0.3, -0.25) is 0 Å². The maximum atomic E-state index is 8.48. The van der Waals surface area contributed by atoms with Crippen molar-refractivity contribution >= 4 is 0 Å². The molecule has 0 spiro atoms. The molecule has 0 aromatic heterocycles. The fraction of sp³-hybridized carbons (Fsp3) is 0.533. The average Bonchev–Trinajstić information content (AvgIpc) is 2.34. The number of aryl methyl sites for hydroxylation is 2. The Balaban J connectivity index is 2.66. The van der Waals surface area contributed by atoms with Crippen LogP contribution >= 0.6 is 0 Å². The van der Waals surface area contributed by atoms with Gasteiger partial charge in [-0.1, -0.05) is 19.1 Å². The lowest BCUT2D eigenvalue weighted by molar-refractivity contribution is 0.308. The summed E-state index contributed by atoms with van der Waals surface area (Å²) in [4.78, 5) is 0. The number of nitriles is 1. The van der Waals surface area contributed by atoms with E-state index in [4.69, 9.17) is 10.00 Å². The molecule has 0 fully saturated rings. The van der Waals surface area contributed by atoms with Crippen LogP contribution in [0.5, 0.6) is 5.75 Å². The molecule has 3 nitrogen and oxygen atoms in total. The minimum Gasteiger partial charge on any atom is -0.493 e. The normalized spacial score (nSPS) is 10.1. The van der Waals surface area contributed by atoms with Crippen molar-refractivity contribution in [1.82, 2.24) is 5.32 Å². The summed E-state index contributed by atoms with van der Waals surface area (Å²) < 4.78 is 5.76. The second kappa shape index (κ2) is 7.73. The Morgan fingerprint density at radius 2 is 1.94 bits per heavy atom. The lowest BCUT2D eigenvalue weighted by atomic mass is 10.1. The standard InChI is InChI=1S/C15H22N2O/c1-4-17-11-14-9-12(2)15(13(3)10-14)18-8-6-5-7-16/h9-10,17H,4-6,8,11H2,1-3H3. The van der Waals surface area contributed by atoms with Gasteiger partial charge in [0.25, 0.3) is 0 Å². The monoisotopic (exact) mass is 246 g/mol. The van der Waals surface area contributed by atoms with Gasteiger partial charge in [0, 0.05) is 13.0 Å². The molecule has 18 heavy (non-hydrogen) atoms. The molecule has 98 valence electrons. The predicted octanol–water partition coefficient (Wildman–Crippen LogP) is 3.10. The summed E-state index contributed by atoms with van der Waals surface area (Å²) >= 11 is 0. The first-order chi connectivity index (χ1) is 8.69. The molecule has 0 aliphatic carbocycles. The van der Waals surface area contributed by atoms with E-state index in [0.29, 0.717) is 13.0 Å². The number of unbranched alkanes of at least 4 members (excludes halogenated alkanes) is 1. The summed E-state index contributed by atoms with van der Waals surface area (Å²) in [6, 6.07) is 6.45. The highest BCUT2D eigenvalue weighted by atomic mass is 16.5. The summed E-state index contributed by atoms with van der Waals surface area (Å²) in [5.74, 6) is 0.966. The van der Waals surface area contributed by atoms with Crippen LogP contribution in [0.15, 0.2) is 12.1 Å². The van der Waals surface area contributed by atoms with E-state index in [1.54, 1.807) is 0 Å². The molecule has 0 amide bonds. The molecule has 0 radical (unpaired) electrons. The quantitative estimate of drug-likeness (QED) is 0.752. The molecule has 1 N–H and O–H groups in total. The number of hydrogen-bond acceptors (Lipinski definition) is 3. The third-order valence-electron chi connectivity index (χ3n) is 2.78. The number of hydrogen-bond donors (Lipinski definition) is 1. The Hall–Kier alpha value is -1.53. The molecular weight excluding hydrogens is 224 g/mol. The van der Waals surface area contributed by atoms with Gasteiger partial charge in [-0.2, -0.15) is 5.26 Å². The molecule has 0 saturated heterocycles. The highest BCUT2D eigenvalue weighted by Gasteiger charge is 2.06. The average molecular weight is 246 g/mol. The second-order valence-corrected chi connectivity index (χ2v) is 4.45. The third kappa shape index (κ3) is 4.38. The first kappa shape index (κ1) is 14.5. The topological polar surface area (TPSA) is 45.0 Å². The van der Waals surface area contributed by atoms with Gasteiger partial charge < -0.3 is 10.1 Å². The van der Waals surface area contributed by atoms with Crippen molar-refractivity contribution in [1.29, 1.82) is 5.26 Å². The lowest BCUT2D eigenvalue weighted by Gasteiger charge is -2.14.